The molecule has 0 bridgehead atoms. The summed E-state index contributed by atoms with van der Waals surface area (Å²) in [5.41, 5.74) is 2.58. The average Bonchev–Trinajstić information content (AvgIpc) is 2.77. The molecular formula is C24H33NO5. The van der Waals surface area contributed by atoms with Gasteiger partial charge in [-0.15, -0.1) is 0 Å². The molecule has 6 heteroatoms. The van der Waals surface area contributed by atoms with Crippen molar-refractivity contribution in [1.29, 1.82) is 0 Å². The maximum atomic E-state index is 10.7. The van der Waals surface area contributed by atoms with Crippen LogP contribution in [0.1, 0.15) is 36.4 Å². The number of methoxy groups -OCH3 is 3. The molecule has 1 aliphatic rings. The molecule has 0 radical (unpaired) electrons. The van der Waals surface area contributed by atoms with Crippen molar-refractivity contribution < 1.29 is 24.1 Å². The number of ether oxygens (including phenoxy) is 4. The lowest BCUT2D eigenvalue weighted by atomic mass is 9.94. The highest BCUT2D eigenvalue weighted by molar-refractivity contribution is 5.55. The van der Waals surface area contributed by atoms with Crippen LogP contribution in [0.3, 0.4) is 0 Å². The number of hydrogen-bond donors (Lipinski definition) is 1. The Hall–Kier alpha value is -2.44. The quantitative estimate of drug-likeness (QED) is 0.668. The normalized spacial score (nSPS) is 18.0. The first-order valence-electron chi connectivity index (χ1n) is 10.5. The van der Waals surface area contributed by atoms with E-state index in [4.69, 9.17) is 18.9 Å². The van der Waals surface area contributed by atoms with Crippen LogP contribution in [0, 0.1) is 6.92 Å². The maximum Gasteiger partial charge on any atom is 0.203 e. The minimum atomic E-state index is -0.602. The molecule has 0 aromatic heterocycles. The van der Waals surface area contributed by atoms with Gasteiger partial charge < -0.3 is 24.1 Å². The van der Waals surface area contributed by atoms with Crippen LogP contribution in [0.15, 0.2) is 36.4 Å². The van der Waals surface area contributed by atoms with Crippen LogP contribution in [0.5, 0.6) is 23.0 Å². The van der Waals surface area contributed by atoms with Crippen LogP contribution >= 0.6 is 0 Å². The third-order valence-electron chi connectivity index (χ3n) is 5.60. The van der Waals surface area contributed by atoms with Gasteiger partial charge in [-0.2, -0.15) is 0 Å². The van der Waals surface area contributed by atoms with E-state index in [0.717, 1.165) is 19.4 Å². The standard InChI is InChI=1S/C24H33NO5/c1-17-8-10-18(11-9-17)21-7-5-6-12-25(21)15-19(26)16-30-20-13-22(27-2)24(29-4)23(14-20)28-3/h8-11,13-14,19,21,26H,5-7,12,15-16H2,1-4H3. The van der Waals surface area contributed by atoms with Gasteiger partial charge in [-0.05, 0) is 31.9 Å². The Bertz CT molecular complexity index is 783. The number of piperidine rings is 1. The SMILES string of the molecule is COc1cc(OCC(O)CN2CCCCC2c2ccc(C)cc2)cc(OC)c1OC. The Morgan fingerprint density at radius 2 is 1.67 bits per heavy atom. The number of hydrogen-bond acceptors (Lipinski definition) is 6. The number of likely N-dealkylation sites (tertiary alicyclic amines) is 1. The van der Waals surface area contributed by atoms with Crippen molar-refractivity contribution in [3.63, 3.8) is 0 Å². The first-order chi connectivity index (χ1) is 14.5. The molecule has 2 atom stereocenters. The topological polar surface area (TPSA) is 60.4 Å². The van der Waals surface area contributed by atoms with Crippen molar-refractivity contribution in [2.75, 3.05) is 41.0 Å². The summed E-state index contributed by atoms with van der Waals surface area (Å²) in [6.45, 7) is 3.85. The van der Waals surface area contributed by atoms with Gasteiger partial charge in [0.15, 0.2) is 11.5 Å². The summed E-state index contributed by atoms with van der Waals surface area (Å²) in [5.74, 6) is 2.13. The molecule has 1 fully saturated rings. The molecule has 1 saturated heterocycles. The van der Waals surface area contributed by atoms with Crippen molar-refractivity contribution in [2.24, 2.45) is 0 Å². The zero-order valence-electron chi connectivity index (χ0n) is 18.4. The molecule has 0 amide bonds. The molecule has 0 saturated carbocycles. The second-order valence-corrected chi connectivity index (χ2v) is 7.74. The lowest BCUT2D eigenvalue weighted by Crippen LogP contribution is -2.40. The van der Waals surface area contributed by atoms with Crippen LogP contribution in [-0.4, -0.2) is 57.1 Å². The fourth-order valence-corrected chi connectivity index (χ4v) is 4.03. The highest BCUT2D eigenvalue weighted by atomic mass is 16.5. The minimum absolute atomic E-state index is 0.190. The number of aryl methyl sites for hydroxylation is 1. The number of β-amino-alcohol motifs (C(OH)–C–C–N with tert-alkyl or cyclic N) is 1. The lowest BCUT2D eigenvalue weighted by Gasteiger charge is -2.37. The van der Waals surface area contributed by atoms with Crippen molar-refractivity contribution in [2.45, 2.75) is 38.3 Å². The molecule has 0 aliphatic carbocycles. The highest BCUT2D eigenvalue weighted by Gasteiger charge is 2.26. The first kappa shape index (κ1) is 22.2. The number of aliphatic hydroxyl groups is 1. The fraction of sp³-hybridized carbons (Fsp3) is 0.500. The Kier molecular flexibility index (Phi) is 7.82. The Morgan fingerprint density at radius 3 is 2.27 bits per heavy atom. The molecule has 1 N–H and O–H groups in total. The zero-order valence-corrected chi connectivity index (χ0v) is 18.4. The van der Waals surface area contributed by atoms with Gasteiger partial charge >= 0.3 is 0 Å². The molecule has 1 heterocycles. The zero-order chi connectivity index (χ0) is 21.5. The van der Waals surface area contributed by atoms with Gasteiger partial charge in [-0.3, -0.25) is 4.90 Å². The van der Waals surface area contributed by atoms with E-state index in [1.807, 2.05) is 0 Å². The fourth-order valence-electron chi connectivity index (χ4n) is 4.03. The van der Waals surface area contributed by atoms with Crippen LogP contribution in [0.2, 0.25) is 0 Å². The van der Waals surface area contributed by atoms with Gasteiger partial charge in [0.25, 0.3) is 0 Å². The smallest absolute Gasteiger partial charge is 0.203 e. The molecule has 6 nitrogen and oxygen atoms in total. The van der Waals surface area contributed by atoms with E-state index >= 15 is 0 Å². The lowest BCUT2D eigenvalue weighted by molar-refractivity contribution is 0.0391. The molecule has 3 rings (SSSR count). The summed E-state index contributed by atoms with van der Waals surface area (Å²) >= 11 is 0. The Balaban J connectivity index is 1.63. The van der Waals surface area contributed by atoms with Crippen molar-refractivity contribution >= 4 is 0 Å². The van der Waals surface area contributed by atoms with Gasteiger partial charge in [0.05, 0.1) is 21.3 Å². The van der Waals surface area contributed by atoms with Crippen LogP contribution < -0.4 is 18.9 Å². The molecule has 164 valence electrons. The summed E-state index contributed by atoms with van der Waals surface area (Å²) in [5, 5.41) is 10.7. The molecule has 2 aromatic carbocycles. The van der Waals surface area contributed by atoms with E-state index in [9.17, 15) is 5.11 Å². The third kappa shape index (κ3) is 5.37. The highest BCUT2D eigenvalue weighted by Crippen LogP contribution is 2.40. The van der Waals surface area contributed by atoms with E-state index in [-0.39, 0.29) is 6.61 Å². The maximum absolute atomic E-state index is 10.7. The summed E-state index contributed by atoms with van der Waals surface area (Å²) in [4.78, 5) is 2.37. The molecule has 1 aliphatic heterocycles. The van der Waals surface area contributed by atoms with Crippen LogP contribution in [0.25, 0.3) is 0 Å². The molecule has 0 spiro atoms. The predicted molar refractivity (Wildman–Crippen MR) is 117 cm³/mol. The second-order valence-electron chi connectivity index (χ2n) is 7.74. The van der Waals surface area contributed by atoms with E-state index in [1.165, 1.54) is 17.5 Å². The summed E-state index contributed by atoms with van der Waals surface area (Å²) in [7, 11) is 4.70. The van der Waals surface area contributed by atoms with Crippen molar-refractivity contribution in [3.05, 3.63) is 47.5 Å². The molecular weight excluding hydrogens is 382 g/mol. The number of aliphatic hydroxyl groups excluding tert-OH is 1. The minimum Gasteiger partial charge on any atom is -0.493 e. The predicted octanol–water partition coefficient (Wildman–Crippen LogP) is 3.99. The van der Waals surface area contributed by atoms with Crippen molar-refractivity contribution in [3.8, 4) is 23.0 Å². The van der Waals surface area contributed by atoms with E-state index < -0.39 is 6.10 Å². The van der Waals surface area contributed by atoms with E-state index in [1.54, 1.807) is 33.5 Å². The van der Waals surface area contributed by atoms with E-state index in [2.05, 4.69) is 36.1 Å². The number of nitrogens with zero attached hydrogens (tertiary/aromatic N) is 1. The summed E-state index contributed by atoms with van der Waals surface area (Å²) < 4.78 is 21.9. The third-order valence-corrected chi connectivity index (χ3v) is 5.60. The second kappa shape index (κ2) is 10.5. The average molecular weight is 416 g/mol. The Morgan fingerprint density at radius 1 is 1.00 bits per heavy atom. The number of benzene rings is 2. The summed E-state index contributed by atoms with van der Waals surface area (Å²) in [6.07, 6.45) is 2.88. The van der Waals surface area contributed by atoms with Gasteiger partial charge in [-0.25, -0.2) is 0 Å². The van der Waals surface area contributed by atoms with E-state index in [0.29, 0.717) is 35.6 Å². The number of rotatable bonds is 9. The monoisotopic (exact) mass is 415 g/mol. The van der Waals surface area contributed by atoms with Crippen LogP contribution in [-0.2, 0) is 0 Å². The van der Waals surface area contributed by atoms with Crippen molar-refractivity contribution in [1.82, 2.24) is 4.90 Å². The van der Waals surface area contributed by atoms with Gasteiger partial charge in [0.2, 0.25) is 5.75 Å². The Labute approximate surface area is 179 Å². The van der Waals surface area contributed by atoms with Crippen LogP contribution in [0.4, 0.5) is 0 Å². The molecule has 30 heavy (non-hydrogen) atoms. The summed E-state index contributed by atoms with van der Waals surface area (Å²) in [6, 6.07) is 12.6. The first-order valence-corrected chi connectivity index (χ1v) is 10.5. The largest absolute Gasteiger partial charge is 0.493 e. The molecule has 2 unspecified atom stereocenters. The molecule has 2 aromatic rings. The van der Waals surface area contributed by atoms with Gasteiger partial charge in [0, 0.05) is 24.7 Å². The van der Waals surface area contributed by atoms with Gasteiger partial charge in [-0.1, -0.05) is 36.2 Å². The van der Waals surface area contributed by atoms with Gasteiger partial charge in [0.1, 0.15) is 18.5 Å².